The molecule has 2 aromatic heterocycles. The summed E-state index contributed by atoms with van der Waals surface area (Å²) in [6, 6.07) is 9.38. The Morgan fingerprint density at radius 3 is 3.08 bits per heavy atom. The van der Waals surface area contributed by atoms with Crippen LogP contribution in [0.3, 0.4) is 0 Å². The van der Waals surface area contributed by atoms with E-state index in [1.807, 2.05) is 23.6 Å². The molecule has 4 rings (SSSR count). The van der Waals surface area contributed by atoms with E-state index in [9.17, 15) is 9.59 Å². The molecule has 2 amide bonds. The number of fused-ring (bicyclic) bond motifs is 1. The van der Waals surface area contributed by atoms with Crippen molar-refractivity contribution in [1.29, 1.82) is 0 Å². The Bertz CT molecular complexity index is 931. The van der Waals surface area contributed by atoms with Crippen LogP contribution in [0, 0.1) is 0 Å². The summed E-state index contributed by atoms with van der Waals surface area (Å²) >= 11 is 1.38. The van der Waals surface area contributed by atoms with Crippen molar-refractivity contribution < 1.29 is 14.0 Å². The van der Waals surface area contributed by atoms with Crippen molar-refractivity contribution in [3.8, 4) is 11.3 Å². The largest absolute Gasteiger partial charge is 0.469 e. The second kappa shape index (κ2) is 6.52. The zero-order valence-corrected chi connectivity index (χ0v) is 14.1. The van der Waals surface area contributed by atoms with Crippen LogP contribution < -0.4 is 10.6 Å². The third-order valence-electron chi connectivity index (χ3n) is 3.96. The number of carbonyl (C=O) groups is 2. The molecule has 1 aliphatic heterocycles. The number of thiazole rings is 1. The molecule has 0 saturated carbocycles. The molecule has 6 nitrogen and oxygen atoms in total. The van der Waals surface area contributed by atoms with Gasteiger partial charge in [0.2, 0.25) is 11.8 Å². The van der Waals surface area contributed by atoms with Gasteiger partial charge in [0.05, 0.1) is 18.4 Å². The smallest absolute Gasteiger partial charge is 0.233 e. The number of nitrogens with zero attached hydrogens (tertiary/aromatic N) is 1. The average molecular weight is 353 g/mol. The number of aryl methyl sites for hydroxylation is 1. The normalized spacial score (nSPS) is 13.2. The Kier molecular flexibility index (Phi) is 4.07. The highest BCUT2D eigenvalue weighted by Gasteiger charge is 2.16. The van der Waals surface area contributed by atoms with Gasteiger partial charge in [-0.3, -0.25) is 9.59 Å². The first kappa shape index (κ1) is 15.6. The number of nitrogens with one attached hydrogen (secondary N) is 2. The van der Waals surface area contributed by atoms with Crippen LogP contribution in [-0.2, 0) is 22.4 Å². The van der Waals surface area contributed by atoms with E-state index in [1.54, 1.807) is 18.4 Å². The molecule has 1 aliphatic rings. The van der Waals surface area contributed by atoms with Crippen molar-refractivity contribution in [1.82, 2.24) is 4.98 Å². The topological polar surface area (TPSA) is 84.2 Å². The Morgan fingerprint density at radius 1 is 1.32 bits per heavy atom. The summed E-state index contributed by atoms with van der Waals surface area (Å²) in [4.78, 5) is 27.9. The van der Waals surface area contributed by atoms with Gasteiger partial charge in [-0.25, -0.2) is 4.98 Å². The molecular weight excluding hydrogens is 338 g/mol. The van der Waals surface area contributed by atoms with Gasteiger partial charge in [-0.2, -0.15) is 0 Å². The highest BCUT2D eigenvalue weighted by Crippen LogP contribution is 2.30. The highest BCUT2D eigenvalue weighted by molar-refractivity contribution is 7.14. The summed E-state index contributed by atoms with van der Waals surface area (Å²) in [5.41, 5.74) is 3.74. The van der Waals surface area contributed by atoms with Crippen LogP contribution in [0.4, 0.5) is 10.8 Å². The Labute approximate surface area is 147 Å². The average Bonchev–Trinajstić information content (AvgIpc) is 3.26. The number of hydrogen-bond donors (Lipinski definition) is 2. The van der Waals surface area contributed by atoms with Crippen molar-refractivity contribution in [2.45, 2.75) is 19.3 Å². The number of rotatable bonds is 4. The molecule has 0 radical (unpaired) electrons. The minimum atomic E-state index is -0.163. The summed E-state index contributed by atoms with van der Waals surface area (Å²) < 4.78 is 5.17. The number of anilines is 2. The summed E-state index contributed by atoms with van der Waals surface area (Å²) in [6.07, 6.45) is 2.95. The molecule has 1 aromatic carbocycles. The first-order valence-electron chi connectivity index (χ1n) is 7.88. The quantitative estimate of drug-likeness (QED) is 0.752. The standard InChI is InChI=1S/C18H15N3O3S/c22-16-6-4-11-8-12(3-5-14(11)19-16)15-10-25-18(20-15)21-17(23)9-13-2-1-7-24-13/h1-3,5,7-8,10H,4,6,9H2,(H,19,22)(H,20,21,23). The fourth-order valence-corrected chi connectivity index (χ4v) is 3.48. The molecule has 0 spiro atoms. The van der Waals surface area contributed by atoms with Gasteiger partial charge >= 0.3 is 0 Å². The maximum absolute atomic E-state index is 12.0. The molecule has 0 unspecified atom stereocenters. The molecule has 3 heterocycles. The molecule has 0 fully saturated rings. The molecule has 0 aliphatic carbocycles. The fraction of sp³-hybridized carbons (Fsp3) is 0.167. The maximum Gasteiger partial charge on any atom is 0.233 e. The first-order valence-corrected chi connectivity index (χ1v) is 8.76. The predicted octanol–water partition coefficient (Wildman–Crippen LogP) is 3.47. The van der Waals surface area contributed by atoms with E-state index in [4.69, 9.17) is 4.42 Å². The number of benzene rings is 1. The van der Waals surface area contributed by atoms with E-state index >= 15 is 0 Å². The Hall–Kier alpha value is -2.93. The second-order valence-electron chi connectivity index (χ2n) is 5.76. The maximum atomic E-state index is 12.0. The Balaban J connectivity index is 1.47. The number of carbonyl (C=O) groups excluding carboxylic acids is 2. The van der Waals surface area contributed by atoms with Gasteiger partial charge in [0.1, 0.15) is 5.76 Å². The lowest BCUT2D eigenvalue weighted by atomic mass is 9.99. The fourth-order valence-electron chi connectivity index (χ4n) is 2.74. The zero-order chi connectivity index (χ0) is 17.2. The van der Waals surface area contributed by atoms with Crippen LogP contribution in [-0.4, -0.2) is 16.8 Å². The van der Waals surface area contributed by atoms with Crippen molar-refractivity contribution in [3.05, 3.63) is 53.3 Å². The SMILES string of the molecule is O=C(Cc1ccco1)Nc1nc(-c2ccc3c(c2)CCC(=O)N3)cs1. The first-order chi connectivity index (χ1) is 12.2. The lowest BCUT2D eigenvalue weighted by molar-refractivity contribution is -0.117. The van der Waals surface area contributed by atoms with Gasteiger partial charge in [0, 0.05) is 23.1 Å². The van der Waals surface area contributed by atoms with Crippen LogP contribution in [0.2, 0.25) is 0 Å². The lowest BCUT2D eigenvalue weighted by Gasteiger charge is -2.17. The molecule has 3 aromatic rings. The molecule has 0 bridgehead atoms. The number of amides is 2. The molecule has 0 saturated heterocycles. The molecular formula is C18H15N3O3S. The van der Waals surface area contributed by atoms with E-state index in [0.717, 1.165) is 28.9 Å². The van der Waals surface area contributed by atoms with E-state index in [0.29, 0.717) is 17.3 Å². The third-order valence-corrected chi connectivity index (χ3v) is 4.72. The Morgan fingerprint density at radius 2 is 2.24 bits per heavy atom. The molecule has 25 heavy (non-hydrogen) atoms. The van der Waals surface area contributed by atoms with Crippen LogP contribution in [0.15, 0.2) is 46.4 Å². The molecule has 126 valence electrons. The molecule has 0 atom stereocenters. The minimum absolute atomic E-state index is 0.0514. The van der Waals surface area contributed by atoms with Gasteiger partial charge in [-0.1, -0.05) is 6.07 Å². The van der Waals surface area contributed by atoms with E-state index in [1.165, 1.54) is 11.3 Å². The highest BCUT2D eigenvalue weighted by atomic mass is 32.1. The van der Waals surface area contributed by atoms with Gasteiger partial charge in [0.15, 0.2) is 5.13 Å². The van der Waals surface area contributed by atoms with Crippen LogP contribution in [0.25, 0.3) is 11.3 Å². The van der Waals surface area contributed by atoms with Gasteiger partial charge in [-0.05, 0) is 36.2 Å². The molecule has 7 heteroatoms. The van der Waals surface area contributed by atoms with Crippen molar-refractivity contribution in [2.75, 3.05) is 10.6 Å². The predicted molar refractivity (Wildman–Crippen MR) is 95.5 cm³/mol. The summed E-state index contributed by atoms with van der Waals surface area (Å²) in [5, 5.41) is 8.12. The van der Waals surface area contributed by atoms with Crippen LogP contribution in [0.1, 0.15) is 17.7 Å². The van der Waals surface area contributed by atoms with E-state index < -0.39 is 0 Å². The van der Waals surface area contributed by atoms with Crippen molar-refractivity contribution in [3.63, 3.8) is 0 Å². The van der Waals surface area contributed by atoms with Gasteiger partial charge in [-0.15, -0.1) is 11.3 Å². The summed E-state index contributed by atoms with van der Waals surface area (Å²) in [5.74, 6) is 0.505. The van der Waals surface area contributed by atoms with Gasteiger partial charge in [0.25, 0.3) is 0 Å². The number of hydrogen-bond acceptors (Lipinski definition) is 5. The van der Waals surface area contributed by atoms with E-state index in [-0.39, 0.29) is 18.2 Å². The molecule has 2 N–H and O–H groups in total. The van der Waals surface area contributed by atoms with Crippen LogP contribution in [0.5, 0.6) is 0 Å². The minimum Gasteiger partial charge on any atom is -0.469 e. The van der Waals surface area contributed by atoms with Gasteiger partial charge < -0.3 is 15.1 Å². The second-order valence-corrected chi connectivity index (χ2v) is 6.62. The number of furan rings is 1. The number of aromatic nitrogens is 1. The van der Waals surface area contributed by atoms with Crippen molar-refractivity contribution >= 4 is 34.0 Å². The monoisotopic (exact) mass is 353 g/mol. The van der Waals surface area contributed by atoms with E-state index in [2.05, 4.69) is 15.6 Å². The summed E-state index contributed by atoms with van der Waals surface area (Å²) in [6.45, 7) is 0. The zero-order valence-electron chi connectivity index (χ0n) is 13.2. The third kappa shape index (κ3) is 3.46. The van der Waals surface area contributed by atoms with Crippen molar-refractivity contribution in [2.24, 2.45) is 0 Å². The lowest BCUT2D eigenvalue weighted by Crippen LogP contribution is -2.18. The van der Waals surface area contributed by atoms with Crippen LogP contribution >= 0.6 is 11.3 Å². The summed E-state index contributed by atoms with van der Waals surface area (Å²) in [7, 11) is 0.